The van der Waals surface area contributed by atoms with Crippen LogP contribution in [0.1, 0.15) is 11.3 Å². The van der Waals surface area contributed by atoms with Crippen molar-refractivity contribution in [1.29, 1.82) is 0 Å². The number of aliphatic imine (C=N–C) groups is 1. The van der Waals surface area contributed by atoms with Gasteiger partial charge in [0.1, 0.15) is 0 Å². The SMILES string of the molecule is O=c1c(C=NCCN2CCNCC2)c(C(F)(F)F)[nH]n1-c1nc2ccccc2s1. The van der Waals surface area contributed by atoms with E-state index >= 15 is 0 Å². The Labute approximate surface area is 167 Å². The van der Waals surface area contributed by atoms with Crippen LogP contribution < -0.4 is 10.9 Å². The molecule has 1 saturated heterocycles. The Morgan fingerprint density at radius 1 is 1.24 bits per heavy atom. The first-order valence-electron chi connectivity index (χ1n) is 9.14. The zero-order valence-corrected chi connectivity index (χ0v) is 16.2. The molecule has 2 N–H and O–H groups in total. The summed E-state index contributed by atoms with van der Waals surface area (Å²) in [7, 11) is 0. The summed E-state index contributed by atoms with van der Waals surface area (Å²) in [5.74, 6) is 0. The molecule has 11 heteroatoms. The van der Waals surface area contributed by atoms with E-state index in [1.807, 2.05) is 0 Å². The molecule has 0 spiro atoms. The topological polar surface area (TPSA) is 78.3 Å². The van der Waals surface area contributed by atoms with Gasteiger partial charge in [0.25, 0.3) is 5.56 Å². The number of nitrogens with zero attached hydrogens (tertiary/aromatic N) is 4. The van der Waals surface area contributed by atoms with Crippen LogP contribution >= 0.6 is 11.3 Å². The number of alkyl halides is 3. The second-order valence-electron chi connectivity index (χ2n) is 6.63. The van der Waals surface area contributed by atoms with Gasteiger partial charge in [0, 0.05) is 38.9 Å². The summed E-state index contributed by atoms with van der Waals surface area (Å²) in [5, 5.41) is 5.56. The van der Waals surface area contributed by atoms with Crippen molar-refractivity contribution in [3.05, 3.63) is 45.9 Å². The molecule has 3 aromatic rings. The fourth-order valence-corrected chi connectivity index (χ4v) is 4.09. The monoisotopic (exact) mass is 424 g/mol. The average Bonchev–Trinajstić information content (AvgIpc) is 3.27. The van der Waals surface area contributed by atoms with Crippen LogP contribution in [0.25, 0.3) is 15.3 Å². The summed E-state index contributed by atoms with van der Waals surface area (Å²) in [6.45, 7) is 4.47. The fourth-order valence-electron chi connectivity index (χ4n) is 3.17. The number of benzene rings is 1. The lowest BCUT2D eigenvalue weighted by Crippen LogP contribution is -2.44. The molecule has 154 valence electrons. The van der Waals surface area contributed by atoms with Gasteiger partial charge in [0.05, 0.1) is 22.3 Å². The number of aromatic nitrogens is 3. The number of thiazole rings is 1. The Morgan fingerprint density at radius 3 is 2.72 bits per heavy atom. The Hall–Kier alpha value is -2.50. The van der Waals surface area contributed by atoms with Gasteiger partial charge in [-0.05, 0) is 12.1 Å². The van der Waals surface area contributed by atoms with Gasteiger partial charge in [-0.2, -0.15) is 17.9 Å². The van der Waals surface area contributed by atoms with Crippen molar-refractivity contribution < 1.29 is 13.2 Å². The van der Waals surface area contributed by atoms with E-state index in [1.165, 1.54) is 0 Å². The molecule has 3 heterocycles. The molecule has 1 aliphatic heterocycles. The highest BCUT2D eigenvalue weighted by Crippen LogP contribution is 2.30. The number of hydrogen-bond donors (Lipinski definition) is 2. The standard InChI is InChI=1S/C18H19F3N6OS/c19-18(20,21)15-12(11-23-7-10-26-8-5-22-6-9-26)16(28)27(25-15)17-24-13-3-1-2-4-14(13)29-17/h1-4,11,22,25H,5-10H2. The number of aromatic amines is 1. The van der Waals surface area contributed by atoms with Crippen molar-refractivity contribution in [2.75, 3.05) is 39.3 Å². The predicted octanol–water partition coefficient (Wildman–Crippen LogP) is 2.12. The Morgan fingerprint density at radius 2 is 2.00 bits per heavy atom. The summed E-state index contributed by atoms with van der Waals surface area (Å²) in [5.41, 5.74) is -1.82. The van der Waals surface area contributed by atoms with Crippen molar-refractivity contribution in [3.63, 3.8) is 0 Å². The summed E-state index contributed by atoms with van der Waals surface area (Å²) < 4.78 is 42.1. The number of rotatable bonds is 5. The van der Waals surface area contributed by atoms with Crippen LogP contribution in [0.15, 0.2) is 34.1 Å². The summed E-state index contributed by atoms with van der Waals surface area (Å²) in [6.07, 6.45) is -3.69. The van der Waals surface area contributed by atoms with Gasteiger partial charge in [0.15, 0.2) is 5.69 Å². The molecule has 1 fully saturated rings. The number of piperazine rings is 1. The van der Waals surface area contributed by atoms with E-state index in [0.717, 1.165) is 53.1 Å². The maximum absolute atomic E-state index is 13.5. The number of para-hydroxylation sites is 1. The van der Waals surface area contributed by atoms with Crippen molar-refractivity contribution in [2.45, 2.75) is 6.18 Å². The van der Waals surface area contributed by atoms with Crippen molar-refractivity contribution in [3.8, 4) is 5.13 Å². The number of fused-ring (bicyclic) bond motifs is 1. The van der Waals surface area contributed by atoms with Gasteiger partial charge in [-0.1, -0.05) is 23.5 Å². The molecular formula is C18H19F3N6OS. The van der Waals surface area contributed by atoms with Gasteiger partial charge in [-0.15, -0.1) is 0 Å². The molecule has 0 amide bonds. The lowest BCUT2D eigenvalue weighted by molar-refractivity contribution is -0.141. The van der Waals surface area contributed by atoms with E-state index in [1.54, 1.807) is 24.3 Å². The van der Waals surface area contributed by atoms with Crippen molar-refractivity contribution >= 4 is 27.8 Å². The van der Waals surface area contributed by atoms with Crippen LogP contribution in [0, 0.1) is 0 Å². The highest BCUT2D eigenvalue weighted by molar-refractivity contribution is 7.20. The largest absolute Gasteiger partial charge is 0.433 e. The predicted molar refractivity (Wildman–Crippen MR) is 106 cm³/mol. The van der Waals surface area contributed by atoms with Crippen LogP contribution in [-0.2, 0) is 6.18 Å². The van der Waals surface area contributed by atoms with Gasteiger partial charge < -0.3 is 5.32 Å². The molecule has 0 atom stereocenters. The quantitative estimate of drug-likeness (QED) is 0.615. The molecular weight excluding hydrogens is 405 g/mol. The van der Waals surface area contributed by atoms with E-state index in [0.29, 0.717) is 18.6 Å². The summed E-state index contributed by atoms with van der Waals surface area (Å²) in [4.78, 5) is 23.2. The first-order chi connectivity index (χ1) is 13.9. The van der Waals surface area contributed by atoms with Gasteiger partial charge in [0.2, 0.25) is 5.13 Å². The van der Waals surface area contributed by atoms with E-state index < -0.39 is 23.0 Å². The minimum Gasteiger partial charge on any atom is -0.314 e. The van der Waals surface area contributed by atoms with E-state index in [-0.39, 0.29) is 5.13 Å². The maximum atomic E-state index is 13.5. The van der Waals surface area contributed by atoms with E-state index in [9.17, 15) is 18.0 Å². The molecule has 4 rings (SSSR count). The second kappa shape index (κ2) is 8.09. The van der Waals surface area contributed by atoms with Crippen molar-refractivity contribution in [2.24, 2.45) is 4.99 Å². The number of hydrogen-bond acceptors (Lipinski definition) is 6. The van der Waals surface area contributed by atoms with E-state index in [2.05, 4.69) is 25.3 Å². The molecule has 0 bridgehead atoms. The second-order valence-corrected chi connectivity index (χ2v) is 7.64. The van der Waals surface area contributed by atoms with Gasteiger partial charge in [-0.25, -0.2) is 4.98 Å². The summed E-state index contributed by atoms with van der Waals surface area (Å²) in [6, 6.07) is 7.13. The normalized spacial score (nSPS) is 16.2. The Bertz CT molecular complexity index is 1040. The maximum Gasteiger partial charge on any atom is 0.433 e. The van der Waals surface area contributed by atoms with Crippen LogP contribution in [0.3, 0.4) is 0 Å². The highest BCUT2D eigenvalue weighted by atomic mass is 32.1. The third kappa shape index (κ3) is 4.26. The third-order valence-electron chi connectivity index (χ3n) is 4.66. The fraction of sp³-hybridized carbons (Fsp3) is 0.389. The summed E-state index contributed by atoms with van der Waals surface area (Å²) >= 11 is 1.14. The molecule has 7 nitrogen and oxygen atoms in total. The number of halogens is 3. The minimum absolute atomic E-state index is 0.155. The van der Waals surface area contributed by atoms with Gasteiger partial charge >= 0.3 is 6.18 Å². The Kier molecular flexibility index (Phi) is 5.52. The van der Waals surface area contributed by atoms with Crippen LogP contribution in [-0.4, -0.2) is 65.1 Å². The number of nitrogens with one attached hydrogen (secondary N) is 2. The smallest absolute Gasteiger partial charge is 0.314 e. The number of H-pyrrole nitrogens is 1. The van der Waals surface area contributed by atoms with Crippen LogP contribution in [0.2, 0.25) is 0 Å². The third-order valence-corrected chi connectivity index (χ3v) is 5.68. The first kappa shape index (κ1) is 19.8. The molecule has 0 radical (unpaired) electrons. The minimum atomic E-state index is -4.71. The van der Waals surface area contributed by atoms with Crippen molar-refractivity contribution in [1.82, 2.24) is 25.0 Å². The van der Waals surface area contributed by atoms with Crippen LogP contribution in [0.5, 0.6) is 0 Å². The zero-order chi connectivity index (χ0) is 20.4. The highest BCUT2D eigenvalue weighted by Gasteiger charge is 2.38. The van der Waals surface area contributed by atoms with Gasteiger partial charge in [-0.3, -0.25) is 19.8 Å². The molecule has 0 aliphatic carbocycles. The first-order valence-corrected chi connectivity index (χ1v) is 9.96. The molecule has 29 heavy (non-hydrogen) atoms. The molecule has 1 aromatic carbocycles. The molecule has 0 unspecified atom stereocenters. The molecule has 0 saturated carbocycles. The lowest BCUT2D eigenvalue weighted by atomic mass is 10.2. The molecule has 1 aliphatic rings. The zero-order valence-electron chi connectivity index (χ0n) is 15.4. The molecule has 2 aromatic heterocycles. The van der Waals surface area contributed by atoms with Crippen LogP contribution in [0.4, 0.5) is 13.2 Å². The lowest BCUT2D eigenvalue weighted by Gasteiger charge is -2.26. The Balaban J connectivity index is 1.62. The average molecular weight is 424 g/mol. The van der Waals surface area contributed by atoms with E-state index in [4.69, 9.17) is 0 Å².